The number of carbonyl (C=O) groups is 1. The monoisotopic (exact) mass is 232 g/mol. The molecule has 3 rings (SSSR count). The Morgan fingerprint density at radius 3 is 3.00 bits per heavy atom. The summed E-state index contributed by atoms with van der Waals surface area (Å²) in [5.74, 6) is 1.03. The summed E-state index contributed by atoms with van der Waals surface area (Å²) >= 11 is 0. The van der Waals surface area contributed by atoms with E-state index in [0.29, 0.717) is 6.04 Å². The van der Waals surface area contributed by atoms with E-state index < -0.39 is 0 Å². The maximum absolute atomic E-state index is 12.2. The zero-order chi connectivity index (χ0) is 11.8. The highest BCUT2D eigenvalue weighted by Crippen LogP contribution is 2.26. The number of nitrogens with one attached hydrogen (secondary N) is 1. The van der Waals surface area contributed by atoms with E-state index in [2.05, 4.69) is 5.32 Å². The van der Waals surface area contributed by atoms with Crippen LogP contribution in [-0.2, 0) is 6.42 Å². The second-order valence-electron chi connectivity index (χ2n) is 4.65. The van der Waals surface area contributed by atoms with Crippen LogP contribution in [0.2, 0.25) is 0 Å². The van der Waals surface area contributed by atoms with Gasteiger partial charge in [-0.1, -0.05) is 0 Å². The van der Waals surface area contributed by atoms with Crippen molar-refractivity contribution in [3.05, 3.63) is 29.3 Å². The van der Waals surface area contributed by atoms with Crippen LogP contribution in [0.5, 0.6) is 5.75 Å². The van der Waals surface area contributed by atoms with Gasteiger partial charge in [-0.25, -0.2) is 0 Å². The first-order chi connectivity index (χ1) is 8.25. The Bertz CT molecular complexity index is 455. The fraction of sp³-hybridized carbons (Fsp3) is 0.462. The molecule has 0 spiro atoms. The molecule has 1 N–H and O–H groups in total. The minimum absolute atomic E-state index is 0.103. The topological polar surface area (TPSA) is 41.6 Å². The van der Waals surface area contributed by atoms with Gasteiger partial charge in [0.05, 0.1) is 12.6 Å². The number of hydrogen-bond acceptors (Lipinski definition) is 3. The van der Waals surface area contributed by atoms with Gasteiger partial charge < -0.3 is 15.0 Å². The van der Waals surface area contributed by atoms with E-state index in [-0.39, 0.29) is 5.91 Å². The average Bonchev–Trinajstić information content (AvgIpc) is 2.72. The van der Waals surface area contributed by atoms with Crippen LogP contribution >= 0.6 is 0 Å². The maximum atomic E-state index is 12.2. The third-order valence-electron chi connectivity index (χ3n) is 3.56. The van der Waals surface area contributed by atoms with Gasteiger partial charge in [0.1, 0.15) is 5.75 Å². The number of ether oxygens (including phenoxy) is 1. The van der Waals surface area contributed by atoms with Gasteiger partial charge in [0.2, 0.25) is 0 Å². The molecule has 0 aromatic heterocycles. The Hall–Kier alpha value is -1.55. The van der Waals surface area contributed by atoms with Crippen LogP contribution in [0.25, 0.3) is 0 Å². The van der Waals surface area contributed by atoms with Crippen molar-refractivity contribution in [2.24, 2.45) is 0 Å². The Balaban J connectivity index is 1.81. The van der Waals surface area contributed by atoms with Crippen LogP contribution in [0.3, 0.4) is 0 Å². The quantitative estimate of drug-likeness (QED) is 0.814. The summed E-state index contributed by atoms with van der Waals surface area (Å²) in [6.45, 7) is 2.53. The zero-order valence-electron chi connectivity index (χ0n) is 9.90. The lowest BCUT2D eigenvalue weighted by molar-refractivity contribution is 0.0681. The van der Waals surface area contributed by atoms with E-state index in [0.717, 1.165) is 43.0 Å². The molecule has 2 aliphatic rings. The second-order valence-corrected chi connectivity index (χ2v) is 4.65. The molecular formula is C13H16N2O2. The van der Waals surface area contributed by atoms with Crippen LogP contribution < -0.4 is 10.1 Å². The first kappa shape index (κ1) is 10.6. The van der Waals surface area contributed by atoms with Crippen molar-refractivity contribution in [2.45, 2.75) is 12.5 Å². The third kappa shape index (κ3) is 1.78. The predicted octanol–water partition coefficient (Wildman–Crippen LogP) is 0.665. The van der Waals surface area contributed by atoms with Crippen LogP contribution in [-0.4, -0.2) is 43.6 Å². The van der Waals surface area contributed by atoms with Gasteiger partial charge in [0.25, 0.3) is 5.91 Å². The number of carbonyl (C=O) groups excluding carboxylic acids is 1. The summed E-state index contributed by atoms with van der Waals surface area (Å²) in [6, 6.07) is 6.07. The van der Waals surface area contributed by atoms with Crippen molar-refractivity contribution >= 4 is 5.91 Å². The third-order valence-corrected chi connectivity index (χ3v) is 3.56. The van der Waals surface area contributed by atoms with E-state index in [9.17, 15) is 4.79 Å². The summed E-state index contributed by atoms with van der Waals surface area (Å²) in [5, 5.41) is 3.18. The maximum Gasteiger partial charge on any atom is 0.253 e. The molecule has 0 bridgehead atoms. The van der Waals surface area contributed by atoms with Gasteiger partial charge in [-0.2, -0.15) is 0 Å². The highest BCUT2D eigenvalue weighted by Gasteiger charge is 2.26. The molecule has 0 radical (unpaired) electrons. The first-order valence-corrected chi connectivity index (χ1v) is 5.99. The molecule has 0 unspecified atom stereocenters. The normalized spacial score (nSPS) is 18.2. The minimum atomic E-state index is 0.103. The van der Waals surface area contributed by atoms with Gasteiger partial charge in [0, 0.05) is 32.1 Å². The molecule has 1 fully saturated rings. The average molecular weight is 232 g/mol. The smallest absolute Gasteiger partial charge is 0.253 e. The molecule has 4 nitrogen and oxygen atoms in total. The van der Waals surface area contributed by atoms with Crippen LogP contribution in [0.1, 0.15) is 15.9 Å². The standard InChI is InChI=1S/C13H16N2O2/c1-15(11-7-14-8-11)13(16)10-2-3-12-9(6-10)4-5-17-12/h2-3,6,11,14H,4-5,7-8H2,1H3. The molecule has 0 aliphatic carbocycles. The molecule has 17 heavy (non-hydrogen) atoms. The predicted molar refractivity (Wildman–Crippen MR) is 64.4 cm³/mol. The molecule has 0 atom stereocenters. The van der Waals surface area contributed by atoms with E-state index in [1.54, 1.807) is 0 Å². The fourth-order valence-corrected chi connectivity index (χ4v) is 2.24. The van der Waals surface area contributed by atoms with Crippen molar-refractivity contribution < 1.29 is 9.53 Å². The molecule has 2 heterocycles. The van der Waals surface area contributed by atoms with Gasteiger partial charge in [-0.05, 0) is 23.8 Å². The van der Waals surface area contributed by atoms with Crippen molar-refractivity contribution in [1.82, 2.24) is 10.2 Å². The largest absolute Gasteiger partial charge is 0.493 e. The van der Waals surface area contributed by atoms with Crippen LogP contribution in [0.4, 0.5) is 0 Å². The number of rotatable bonds is 2. The van der Waals surface area contributed by atoms with E-state index in [1.807, 2.05) is 30.1 Å². The fourth-order valence-electron chi connectivity index (χ4n) is 2.24. The van der Waals surface area contributed by atoms with Gasteiger partial charge >= 0.3 is 0 Å². The molecule has 2 aliphatic heterocycles. The van der Waals surface area contributed by atoms with Gasteiger partial charge in [-0.3, -0.25) is 4.79 Å². The van der Waals surface area contributed by atoms with E-state index in [4.69, 9.17) is 4.74 Å². The lowest BCUT2D eigenvalue weighted by Gasteiger charge is -2.35. The molecule has 1 saturated heterocycles. The Morgan fingerprint density at radius 2 is 2.29 bits per heavy atom. The Labute approximate surface area is 101 Å². The van der Waals surface area contributed by atoms with Crippen LogP contribution in [0, 0.1) is 0 Å². The van der Waals surface area contributed by atoms with Crippen molar-refractivity contribution in [3.8, 4) is 5.75 Å². The molecule has 0 saturated carbocycles. The van der Waals surface area contributed by atoms with Crippen molar-refractivity contribution in [2.75, 3.05) is 26.7 Å². The molecule has 4 heteroatoms. The number of benzene rings is 1. The Morgan fingerprint density at radius 1 is 1.47 bits per heavy atom. The van der Waals surface area contributed by atoms with Crippen LogP contribution in [0.15, 0.2) is 18.2 Å². The number of likely N-dealkylation sites (N-methyl/N-ethyl adjacent to an activating group) is 1. The molecular weight excluding hydrogens is 216 g/mol. The molecule has 1 aromatic rings. The lowest BCUT2D eigenvalue weighted by Crippen LogP contribution is -2.57. The Kier molecular flexibility index (Phi) is 2.52. The summed E-state index contributed by atoms with van der Waals surface area (Å²) in [5.41, 5.74) is 1.92. The SMILES string of the molecule is CN(C(=O)c1ccc2c(c1)CCO2)C1CNC1. The van der Waals surface area contributed by atoms with Gasteiger partial charge in [-0.15, -0.1) is 0 Å². The number of hydrogen-bond donors (Lipinski definition) is 1. The lowest BCUT2D eigenvalue weighted by atomic mass is 10.1. The van der Waals surface area contributed by atoms with Crippen molar-refractivity contribution in [3.63, 3.8) is 0 Å². The number of nitrogens with zero attached hydrogens (tertiary/aromatic N) is 1. The van der Waals surface area contributed by atoms with E-state index in [1.165, 1.54) is 0 Å². The highest BCUT2D eigenvalue weighted by atomic mass is 16.5. The summed E-state index contributed by atoms with van der Waals surface area (Å²) in [7, 11) is 1.87. The molecule has 90 valence electrons. The zero-order valence-corrected chi connectivity index (χ0v) is 9.90. The summed E-state index contributed by atoms with van der Waals surface area (Å²) < 4.78 is 5.44. The highest BCUT2D eigenvalue weighted by molar-refractivity contribution is 5.94. The molecule has 1 aromatic carbocycles. The summed E-state index contributed by atoms with van der Waals surface area (Å²) in [6.07, 6.45) is 0.908. The number of fused-ring (bicyclic) bond motifs is 1. The minimum Gasteiger partial charge on any atom is -0.493 e. The molecule has 1 amide bonds. The van der Waals surface area contributed by atoms with Crippen molar-refractivity contribution in [1.29, 1.82) is 0 Å². The number of amides is 1. The summed E-state index contributed by atoms with van der Waals surface area (Å²) in [4.78, 5) is 14.1. The van der Waals surface area contributed by atoms with E-state index >= 15 is 0 Å². The second kappa shape index (κ2) is 4.04. The van der Waals surface area contributed by atoms with Gasteiger partial charge in [0.15, 0.2) is 0 Å². The first-order valence-electron chi connectivity index (χ1n) is 5.99.